The standard InChI is InChI=1S/C22H30ClN3O3S/c1-7-26(16(4)5)18-10-8-17(9-11-18)24-22(27)20-14-19(12-13-21(20)23)30(28,29)25(6)15(2)3/h8-16H,7H2,1-6H3,(H,24,27). The Hall–Kier alpha value is -2.09. The largest absolute Gasteiger partial charge is 0.369 e. The molecule has 0 fully saturated rings. The molecule has 0 aliphatic rings. The second-order valence-electron chi connectivity index (χ2n) is 7.64. The van der Waals surface area contributed by atoms with Crippen molar-refractivity contribution in [2.24, 2.45) is 0 Å². The molecule has 0 aliphatic carbocycles. The predicted molar refractivity (Wildman–Crippen MR) is 124 cm³/mol. The van der Waals surface area contributed by atoms with E-state index in [9.17, 15) is 13.2 Å². The van der Waals surface area contributed by atoms with Gasteiger partial charge in [-0.05, 0) is 77.1 Å². The minimum absolute atomic E-state index is 0.0270. The molecule has 30 heavy (non-hydrogen) atoms. The molecular weight excluding hydrogens is 422 g/mol. The number of carbonyl (C=O) groups excluding carboxylic acids is 1. The Morgan fingerprint density at radius 3 is 2.13 bits per heavy atom. The molecule has 0 heterocycles. The molecular formula is C22H30ClN3O3S. The summed E-state index contributed by atoms with van der Waals surface area (Å²) in [5.74, 6) is -0.465. The maximum atomic E-state index is 12.8. The zero-order valence-electron chi connectivity index (χ0n) is 18.3. The van der Waals surface area contributed by atoms with Crippen LogP contribution in [0.2, 0.25) is 5.02 Å². The van der Waals surface area contributed by atoms with Crippen molar-refractivity contribution in [3.63, 3.8) is 0 Å². The van der Waals surface area contributed by atoms with Crippen LogP contribution >= 0.6 is 11.6 Å². The highest BCUT2D eigenvalue weighted by Crippen LogP contribution is 2.25. The van der Waals surface area contributed by atoms with E-state index in [-0.39, 0.29) is 21.5 Å². The summed E-state index contributed by atoms with van der Waals surface area (Å²) in [5.41, 5.74) is 1.77. The van der Waals surface area contributed by atoms with E-state index in [2.05, 4.69) is 31.0 Å². The third-order valence-corrected chi connectivity index (χ3v) is 7.37. The first-order valence-electron chi connectivity index (χ1n) is 9.94. The molecule has 2 rings (SSSR count). The van der Waals surface area contributed by atoms with Gasteiger partial charge >= 0.3 is 0 Å². The van der Waals surface area contributed by atoms with Crippen LogP contribution in [-0.2, 0) is 10.0 Å². The third kappa shape index (κ3) is 5.33. The highest BCUT2D eigenvalue weighted by atomic mass is 35.5. The molecule has 0 atom stereocenters. The number of anilines is 2. The summed E-state index contributed by atoms with van der Waals surface area (Å²) in [6.07, 6.45) is 0. The van der Waals surface area contributed by atoms with Crippen LogP contribution in [0.5, 0.6) is 0 Å². The van der Waals surface area contributed by atoms with Gasteiger partial charge in [-0.25, -0.2) is 8.42 Å². The lowest BCUT2D eigenvalue weighted by atomic mass is 10.2. The maximum Gasteiger partial charge on any atom is 0.257 e. The van der Waals surface area contributed by atoms with E-state index in [1.165, 1.54) is 29.6 Å². The van der Waals surface area contributed by atoms with Crippen molar-refractivity contribution in [1.29, 1.82) is 0 Å². The minimum atomic E-state index is -3.72. The van der Waals surface area contributed by atoms with E-state index in [1.54, 1.807) is 13.8 Å². The Kier molecular flexibility index (Phi) is 7.91. The summed E-state index contributed by atoms with van der Waals surface area (Å²) in [5, 5.41) is 2.98. The van der Waals surface area contributed by atoms with E-state index in [1.807, 2.05) is 24.3 Å². The van der Waals surface area contributed by atoms with E-state index in [4.69, 9.17) is 11.6 Å². The van der Waals surface area contributed by atoms with Crippen molar-refractivity contribution in [1.82, 2.24) is 4.31 Å². The fourth-order valence-corrected chi connectivity index (χ4v) is 4.66. The summed E-state index contributed by atoms with van der Waals surface area (Å²) < 4.78 is 26.8. The summed E-state index contributed by atoms with van der Waals surface area (Å²) in [7, 11) is -2.21. The summed E-state index contributed by atoms with van der Waals surface area (Å²) >= 11 is 6.19. The Bertz CT molecular complexity index is 989. The average Bonchev–Trinajstić information content (AvgIpc) is 2.68. The Morgan fingerprint density at radius 2 is 1.63 bits per heavy atom. The first kappa shape index (κ1) is 24.2. The number of halogens is 1. The second-order valence-corrected chi connectivity index (χ2v) is 10.0. The SMILES string of the molecule is CCN(c1ccc(NC(=O)c2cc(S(=O)(=O)N(C)C(C)C)ccc2Cl)cc1)C(C)C. The predicted octanol–water partition coefficient (Wildman–Crippen LogP) is 4.86. The minimum Gasteiger partial charge on any atom is -0.369 e. The van der Waals surface area contributed by atoms with Crippen LogP contribution in [0.4, 0.5) is 11.4 Å². The number of hydrogen-bond donors (Lipinski definition) is 1. The lowest BCUT2D eigenvalue weighted by Crippen LogP contribution is -2.33. The van der Waals surface area contributed by atoms with Crippen LogP contribution in [-0.4, -0.2) is 44.3 Å². The molecule has 164 valence electrons. The van der Waals surface area contributed by atoms with Gasteiger partial charge in [-0.3, -0.25) is 4.79 Å². The molecule has 1 N–H and O–H groups in total. The number of amides is 1. The van der Waals surface area contributed by atoms with E-state index < -0.39 is 15.9 Å². The van der Waals surface area contributed by atoms with Crippen molar-refractivity contribution in [2.75, 3.05) is 23.8 Å². The monoisotopic (exact) mass is 451 g/mol. The summed E-state index contributed by atoms with van der Waals surface area (Å²) in [4.78, 5) is 15.1. The smallest absolute Gasteiger partial charge is 0.257 e. The Labute approximate surface area is 184 Å². The van der Waals surface area contributed by atoms with Crippen LogP contribution in [0.1, 0.15) is 45.0 Å². The number of nitrogens with one attached hydrogen (secondary N) is 1. The molecule has 0 unspecified atom stereocenters. The molecule has 0 spiro atoms. The highest BCUT2D eigenvalue weighted by Gasteiger charge is 2.25. The second kappa shape index (κ2) is 9.81. The van der Waals surface area contributed by atoms with E-state index in [0.29, 0.717) is 11.7 Å². The van der Waals surface area contributed by atoms with Gasteiger partial charge in [0.2, 0.25) is 10.0 Å². The van der Waals surface area contributed by atoms with Crippen LogP contribution in [0.3, 0.4) is 0 Å². The quantitative estimate of drug-likeness (QED) is 0.622. The van der Waals surface area contributed by atoms with Crippen LogP contribution in [0.15, 0.2) is 47.4 Å². The molecule has 8 heteroatoms. The number of benzene rings is 2. The molecule has 0 aromatic heterocycles. The van der Waals surface area contributed by atoms with Crippen molar-refractivity contribution < 1.29 is 13.2 Å². The molecule has 2 aromatic rings. The molecule has 1 amide bonds. The van der Waals surface area contributed by atoms with Gasteiger partial charge in [-0.1, -0.05) is 11.6 Å². The molecule has 0 saturated carbocycles. The lowest BCUT2D eigenvalue weighted by molar-refractivity contribution is 0.102. The molecule has 0 saturated heterocycles. The van der Waals surface area contributed by atoms with Gasteiger partial charge in [0.1, 0.15) is 0 Å². The Morgan fingerprint density at radius 1 is 1.03 bits per heavy atom. The van der Waals surface area contributed by atoms with Gasteiger partial charge in [0, 0.05) is 37.1 Å². The maximum absolute atomic E-state index is 12.8. The number of sulfonamides is 1. The van der Waals surface area contributed by atoms with Gasteiger partial charge in [0.15, 0.2) is 0 Å². The first-order valence-corrected chi connectivity index (χ1v) is 11.8. The van der Waals surface area contributed by atoms with Crippen molar-refractivity contribution in [3.05, 3.63) is 53.1 Å². The van der Waals surface area contributed by atoms with Crippen molar-refractivity contribution in [3.8, 4) is 0 Å². The Balaban J connectivity index is 2.27. The van der Waals surface area contributed by atoms with Gasteiger partial charge in [-0.15, -0.1) is 0 Å². The zero-order valence-corrected chi connectivity index (χ0v) is 19.9. The number of carbonyl (C=O) groups is 1. The normalized spacial score (nSPS) is 11.9. The molecule has 0 bridgehead atoms. The fourth-order valence-electron chi connectivity index (χ4n) is 3.06. The van der Waals surface area contributed by atoms with Crippen LogP contribution in [0, 0.1) is 0 Å². The number of nitrogens with zero attached hydrogens (tertiary/aromatic N) is 2. The van der Waals surface area contributed by atoms with Gasteiger partial charge < -0.3 is 10.2 Å². The molecule has 0 aliphatic heterocycles. The number of hydrogen-bond acceptors (Lipinski definition) is 4. The van der Waals surface area contributed by atoms with Gasteiger partial charge in [0.25, 0.3) is 5.91 Å². The van der Waals surface area contributed by atoms with Crippen molar-refractivity contribution in [2.45, 2.75) is 51.6 Å². The number of rotatable bonds is 8. The highest BCUT2D eigenvalue weighted by molar-refractivity contribution is 7.89. The summed E-state index contributed by atoms with van der Waals surface area (Å²) in [6.45, 7) is 10.8. The molecule has 2 aromatic carbocycles. The lowest BCUT2D eigenvalue weighted by Gasteiger charge is -2.27. The molecule has 6 nitrogen and oxygen atoms in total. The van der Waals surface area contributed by atoms with Gasteiger partial charge in [0.05, 0.1) is 15.5 Å². The molecule has 0 radical (unpaired) electrons. The topological polar surface area (TPSA) is 69.7 Å². The third-order valence-electron chi connectivity index (χ3n) is 5.01. The van der Waals surface area contributed by atoms with E-state index in [0.717, 1.165) is 12.2 Å². The van der Waals surface area contributed by atoms with Crippen molar-refractivity contribution >= 4 is 38.9 Å². The first-order chi connectivity index (χ1) is 14.0. The van der Waals surface area contributed by atoms with Crippen LogP contribution < -0.4 is 10.2 Å². The summed E-state index contributed by atoms with van der Waals surface area (Å²) in [6, 6.07) is 11.8. The average molecular weight is 452 g/mol. The van der Waals surface area contributed by atoms with Gasteiger partial charge in [-0.2, -0.15) is 4.31 Å². The van der Waals surface area contributed by atoms with Crippen LogP contribution in [0.25, 0.3) is 0 Å². The van der Waals surface area contributed by atoms with E-state index >= 15 is 0 Å². The fraction of sp³-hybridized carbons (Fsp3) is 0.409. The zero-order chi connectivity index (χ0) is 22.6.